The summed E-state index contributed by atoms with van der Waals surface area (Å²) in [4.78, 5) is 19.1. The van der Waals surface area contributed by atoms with Crippen molar-refractivity contribution in [2.45, 2.75) is 52.4 Å². The number of aryl methyl sites for hydroxylation is 3. The highest BCUT2D eigenvalue weighted by Crippen LogP contribution is 2.29. The summed E-state index contributed by atoms with van der Waals surface area (Å²) in [6, 6.07) is 1.96. The van der Waals surface area contributed by atoms with Gasteiger partial charge < -0.3 is 13.8 Å². The number of nitrogens with zero attached hydrogens (tertiary/aromatic N) is 3. The molecule has 0 radical (unpaired) electrons. The maximum Gasteiger partial charge on any atom is 0.229 e. The standard InChI is InChI=1S/C17H23N3O3/c1-10-8-15(12(3)22-10)11(2)17(21)20-7-5-6-14(9-20)16-18-13(4)23-19-16/h8,11,14H,5-7,9H2,1-4H3. The molecule has 0 spiro atoms. The highest BCUT2D eigenvalue weighted by molar-refractivity contribution is 5.83. The molecule has 6 heteroatoms. The molecule has 1 aliphatic heterocycles. The van der Waals surface area contributed by atoms with Gasteiger partial charge in [0.15, 0.2) is 5.82 Å². The SMILES string of the molecule is Cc1cc(C(C)C(=O)N2CCCC(c3noc(C)n3)C2)c(C)o1. The third kappa shape index (κ3) is 3.16. The topological polar surface area (TPSA) is 72.4 Å². The maximum atomic E-state index is 12.9. The van der Waals surface area contributed by atoms with Crippen LogP contribution in [0.1, 0.15) is 60.4 Å². The van der Waals surface area contributed by atoms with E-state index in [4.69, 9.17) is 8.94 Å². The van der Waals surface area contributed by atoms with E-state index in [1.54, 1.807) is 6.92 Å². The number of aromatic nitrogens is 2. The summed E-state index contributed by atoms with van der Waals surface area (Å²) < 4.78 is 10.6. The third-order valence-electron chi connectivity index (χ3n) is 4.56. The molecule has 1 amide bonds. The molecule has 0 aliphatic carbocycles. The lowest BCUT2D eigenvalue weighted by Crippen LogP contribution is -2.41. The summed E-state index contributed by atoms with van der Waals surface area (Å²) in [6.45, 7) is 8.98. The van der Waals surface area contributed by atoms with Crippen molar-refractivity contribution < 1.29 is 13.7 Å². The number of amides is 1. The van der Waals surface area contributed by atoms with Crippen LogP contribution in [0.25, 0.3) is 0 Å². The first-order valence-corrected chi connectivity index (χ1v) is 8.11. The van der Waals surface area contributed by atoms with E-state index in [-0.39, 0.29) is 17.7 Å². The molecule has 0 saturated carbocycles. The number of carbonyl (C=O) groups is 1. The van der Waals surface area contributed by atoms with Crippen LogP contribution in [0, 0.1) is 20.8 Å². The van der Waals surface area contributed by atoms with Crippen LogP contribution in [0.3, 0.4) is 0 Å². The fourth-order valence-corrected chi connectivity index (χ4v) is 3.36. The molecule has 3 rings (SSSR count). The first kappa shape index (κ1) is 15.8. The summed E-state index contributed by atoms with van der Waals surface area (Å²) in [7, 11) is 0. The van der Waals surface area contributed by atoms with Crippen molar-refractivity contribution in [3.8, 4) is 0 Å². The molecule has 124 valence electrons. The van der Waals surface area contributed by atoms with E-state index < -0.39 is 0 Å². The number of rotatable bonds is 3. The molecule has 2 atom stereocenters. The summed E-state index contributed by atoms with van der Waals surface area (Å²) in [5, 5.41) is 4.01. The number of furan rings is 1. The van der Waals surface area contributed by atoms with Gasteiger partial charge in [-0.25, -0.2) is 0 Å². The third-order valence-corrected chi connectivity index (χ3v) is 4.56. The molecule has 2 unspecified atom stereocenters. The van der Waals surface area contributed by atoms with Gasteiger partial charge in [-0.05, 0) is 39.7 Å². The van der Waals surface area contributed by atoms with Crippen molar-refractivity contribution in [2.24, 2.45) is 0 Å². The molecule has 3 heterocycles. The van der Waals surface area contributed by atoms with Crippen LogP contribution in [0.15, 0.2) is 15.0 Å². The summed E-state index contributed by atoms with van der Waals surface area (Å²) >= 11 is 0. The number of piperidine rings is 1. The fraction of sp³-hybridized carbons (Fsp3) is 0.588. The van der Waals surface area contributed by atoms with E-state index in [1.807, 2.05) is 31.7 Å². The zero-order valence-corrected chi connectivity index (χ0v) is 14.1. The Morgan fingerprint density at radius 2 is 2.17 bits per heavy atom. The predicted octanol–water partition coefficient (Wildman–Crippen LogP) is 3.10. The van der Waals surface area contributed by atoms with Crippen LogP contribution in [-0.2, 0) is 4.79 Å². The normalized spacial score (nSPS) is 19.8. The second-order valence-electron chi connectivity index (χ2n) is 6.39. The molecule has 0 aromatic carbocycles. The van der Waals surface area contributed by atoms with Gasteiger partial charge in [0.05, 0.1) is 5.92 Å². The summed E-state index contributed by atoms with van der Waals surface area (Å²) in [5.74, 6) is 3.05. The lowest BCUT2D eigenvalue weighted by Gasteiger charge is -2.33. The zero-order valence-electron chi connectivity index (χ0n) is 14.1. The quantitative estimate of drug-likeness (QED) is 0.870. The minimum Gasteiger partial charge on any atom is -0.466 e. The van der Waals surface area contributed by atoms with E-state index in [0.29, 0.717) is 18.3 Å². The zero-order chi connectivity index (χ0) is 16.6. The van der Waals surface area contributed by atoms with E-state index in [1.165, 1.54) is 0 Å². The van der Waals surface area contributed by atoms with Crippen LogP contribution < -0.4 is 0 Å². The van der Waals surface area contributed by atoms with Gasteiger partial charge in [-0.15, -0.1) is 0 Å². The van der Waals surface area contributed by atoms with E-state index in [0.717, 1.165) is 36.5 Å². The highest BCUT2D eigenvalue weighted by atomic mass is 16.5. The molecule has 2 aromatic heterocycles. The molecule has 2 aromatic rings. The Bertz CT molecular complexity index is 704. The minimum absolute atomic E-state index is 0.138. The second-order valence-corrected chi connectivity index (χ2v) is 6.39. The molecular weight excluding hydrogens is 294 g/mol. The van der Waals surface area contributed by atoms with Gasteiger partial charge in [-0.1, -0.05) is 5.16 Å². The van der Waals surface area contributed by atoms with E-state index >= 15 is 0 Å². The molecule has 0 bridgehead atoms. The fourth-order valence-electron chi connectivity index (χ4n) is 3.36. The Balaban J connectivity index is 1.73. The van der Waals surface area contributed by atoms with Crippen molar-refractivity contribution in [1.82, 2.24) is 15.0 Å². The first-order chi connectivity index (χ1) is 11.0. The number of likely N-dealkylation sites (tertiary alicyclic amines) is 1. The largest absolute Gasteiger partial charge is 0.466 e. The lowest BCUT2D eigenvalue weighted by atomic mass is 9.94. The molecule has 1 aliphatic rings. The van der Waals surface area contributed by atoms with Crippen LogP contribution in [0.4, 0.5) is 0 Å². The smallest absolute Gasteiger partial charge is 0.229 e. The van der Waals surface area contributed by atoms with Gasteiger partial charge >= 0.3 is 0 Å². The maximum absolute atomic E-state index is 12.9. The Hall–Kier alpha value is -2.11. The average molecular weight is 317 g/mol. The van der Waals surface area contributed by atoms with Gasteiger partial charge in [0.25, 0.3) is 0 Å². The second kappa shape index (κ2) is 6.18. The lowest BCUT2D eigenvalue weighted by molar-refractivity contribution is -0.133. The van der Waals surface area contributed by atoms with Crippen molar-refractivity contribution in [3.63, 3.8) is 0 Å². The molecule has 1 fully saturated rings. The predicted molar refractivity (Wildman–Crippen MR) is 84.2 cm³/mol. The Kier molecular flexibility index (Phi) is 4.24. The highest BCUT2D eigenvalue weighted by Gasteiger charge is 2.31. The number of hydrogen-bond donors (Lipinski definition) is 0. The van der Waals surface area contributed by atoms with Crippen molar-refractivity contribution in [3.05, 3.63) is 34.9 Å². The summed E-state index contributed by atoms with van der Waals surface area (Å²) in [5.41, 5.74) is 0.977. The Morgan fingerprint density at radius 3 is 2.78 bits per heavy atom. The van der Waals surface area contributed by atoms with Crippen LogP contribution >= 0.6 is 0 Å². The Morgan fingerprint density at radius 1 is 1.39 bits per heavy atom. The molecule has 1 saturated heterocycles. The van der Waals surface area contributed by atoms with Crippen molar-refractivity contribution >= 4 is 5.91 Å². The summed E-state index contributed by atoms with van der Waals surface area (Å²) in [6.07, 6.45) is 1.95. The molecule has 0 N–H and O–H groups in total. The van der Waals surface area contributed by atoms with Crippen molar-refractivity contribution in [2.75, 3.05) is 13.1 Å². The van der Waals surface area contributed by atoms with Gasteiger partial charge in [0.1, 0.15) is 11.5 Å². The van der Waals surface area contributed by atoms with Gasteiger partial charge in [-0.2, -0.15) is 4.98 Å². The molecular formula is C17H23N3O3. The molecule has 6 nitrogen and oxygen atoms in total. The number of hydrogen-bond acceptors (Lipinski definition) is 5. The average Bonchev–Trinajstić information content (AvgIpc) is 3.11. The van der Waals surface area contributed by atoms with Crippen LogP contribution in [0.5, 0.6) is 0 Å². The van der Waals surface area contributed by atoms with Crippen LogP contribution in [-0.4, -0.2) is 34.0 Å². The van der Waals surface area contributed by atoms with Crippen molar-refractivity contribution in [1.29, 1.82) is 0 Å². The van der Waals surface area contributed by atoms with E-state index in [2.05, 4.69) is 10.1 Å². The van der Waals surface area contributed by atoms with Gasteiger partial charge in [0, 0.05) is 31.5 Å². The molecule has 23 heavy (non-hydrogen) atoms. The number of carbonyl (C=O) groups excluding carboxylic acids is 1. The van der Waals surface area contributed by atoms with E-state index in [9.17, 15) is 4.79 Å². The monoisotopic (exact) mass is 317 g/mol. The van der Waals surface area contributed by atoms with Crippen LogP contribution in [0.2, 0.25) is 0 Å². The minimum atomic E-state index is -0.196. The van der Waals surface area contributed by atoms with Gasteiger partial charge in [-0.3, -0.25) is 4.79 Å². The van der Waals surface area contributed by atoms with Gasteiger partial charge in [0.2, 0.25) is 11.8 Å². The Labute approximate surface area is 135 Å². The first-order valence-electron chi connectivity index (χ1n) is 8.11.